The van der Waals surface area contributed by atoms with Crippen LogP contribution < -0.4 is 9.47 Å². The first-order chi connectivity index (χ1) is 16.9. The molecule has 0 N–H and O–H groups in total. The highest BCUT2D eigenvalue weighted by atomic mass is 16.5. The van der Waals surface area contributed by atoms with Gasteiger partial charge in [0.15, 0.2) is 0 Å². The average Bonchev–Trinajstić information content (AvgIpc) is 3.33. The second kappa shape index (κ2) is 10.6. The lowest BCUT2D eigenvalue weighted by molar-refractivity contribution is -0.134. The normalized spacial score (nSPS) is 17.2. The van der Waals surface area contributed by atoms with E-state index in [4.69, 9.17) is 9.47 Å². The summed E-state index contributed by atoms with van der Waals surface area (Å²) < 4.78 is 11.1. The van der Waals surface area contributed by atoms with Crippen LogP contribution in [0.4, 0.5) is 0 Å². The molecule has 182 valence electrons. The number of likely N-dealkylation sites (tertiary alicyclic amines) is 1. The minimum Gasteiger partial charge on any atom is -0.497 e. The standard InChI is InChI=1S/C29H32N2O4/c1-20-10-12-22(13-11-20)28(32)31-18-25(24-16-23(34-3)14-15-27(24)35-4)26(19-31)29(33)30(2)17-21-8-6-5-7-9-21/h5-16,25-26H,17-19H2,1-4H3/t25-,26-/m0/s1. The van der Waals surface area contributed by atoms with E-state index in [0.29, 0.717) is 36.7 Å². The number of carbonyl (C=O) groups excluding carboxylic acids is 2. The molecule has 0 aromatic heterocycles. The highest BCUT2D eigenvalue weighted by Crippen LogP contribution is 2.40. The van der Waals surface area contributed by atoms with Crippen LogP contribution in [-0.2, 0) is 11.3 Å². The smallest absolute Gasteiger partial charge is 0.253 e. The molecular formula is C29H32N2O4. The Morgan fingerprint density at radius 2 is 1.66 bits per heavy atom. The van der Waals surface area contributed by atoms with Crippen molar-refractivity contribution in [3.05, 3.63) is 95.1 Å². The Bertz CT molecular complexity index is 1180. The van der Waals surface area contributed by atoms with Crippen LogP contribution in [0.5, 0.6) is 11.5 Å². The van der Waals surface area contributed by atoms with Crippen molar-refractivity contribution in [2.45, 2.75) is 19.4 Å². The van der Waals surface area contributed by atoms with Gasteiger partial charge in [-0.1, -0.05) is 48.0 Å². The van der Waals surface area contributed by atoms with Gasteiger partial charge in [-0.3, -0.25) is 9.59 Å². The molecule has 0 bridgehead atoms. The van der Waals surface area contributed by atoms with Gasteiger partial charge in [0.1, 0.15) is 11.5 Å². The van der Waals surface area contributed by atoms with Crippen LogP contribution in [0.1, 0.15) is 33.0 Å². The summed E-state index contributed by atoms with van der Waals surface area (Å²) in [6.07, 6.45) is 0. The van der Waals surface area contributed by atoms with Crippen LogP contribution in [0.15, 0.2) is 72.8 Å². The summed E-state index contributed by atoms with van der Waals surface area (Å²) in [5.41, 5.74) is 3.65. The van der Waals surface area contributed by atoms with Gasteiger partial charge in [0, 0.05) is 43.7 Å². The maximum atomic E-state index is 13.8. The minimum absolute atomic E-state index is 0.00271. The lowest BCUT2D eigenvalue weighted by Crippen LogP contribution is -2.36. The van der Waals surface area contributed by atoms with Crippen LogP contribution in [0, 0.1) is 12.8 Å². The van der Waals surface area contributed by atoms with Crippen molar-refractivity contribution in [2.75, 3.05) is 34.4 Å². The molecule has 0 unspecified atom stereocenters. The molecule has 0 aliphatic carbocycles. The molecule has 1 aliphatic rings. The van der Waals surface area contributed by atoms with Crippen molar-refractivity contribution in [3.63, 3.8) is 0 Å². The molecule has 2 atom stereocenters. The molecule has 1 fully saturated rings. The van der Waals surface area contributed by atoms with E-state index in [2.05, 4.69) is 0 Å². The first-order valence-corrected chi connectivity index (χ1v) is 11.8. The number of ether oxygens (including phenoxy) is 2. The topological polar surface area (TPSA) is 59.1 Å². The van der Waals surface area contributed by atoms with Gasteiger partial charge in [-0.25, -0.2) is 0 Å². The van der Waals surface area contributed by atoms with Gasteiger partial charge < -0.3 is 19.3 Å². The van der Waals surface area contributed by atoms with Crippen LogP contribution in [0.3, 0.4) is 0 Å². The predicted molar refractivity (Wildman–Crippen MR) is 136 cm³/mol. The molecule has 0 saturated carbocycles. The molecule has 2 amide bonds. The molecule has 3 aromatic rings. The zero-order chi connectivity index (χ0) is 24.9. The Morgan fingerprint density at radius 3 is 2.31 bits per heavy atom. The zero-order valence-electron chi connectivity index (χ0n) is 20.7. The third-order valence-corrected chi connectivity index (χ3v) is 6.70. The second-order valence-corrected chi connectivity index (χ2v) is 9.08. The zero-order valence-corrected chi connectivity index (χ0v) is 20.7. The lowest BCUT2D eigenvalue weighted by atomic mass is 9.87. The Hall–Kier alpha value is -3.80. The first kappa shape index (κ1) is 24.3. The maximum absolute atomic E-state index is 13.8. The molecule has 6 nitrogen and oxygen atoms in total. The third kappa shape index (κ3) is 5.32. The van der Waals surface area contributed by atoms with Crippen molar-refractivity contribution in [1.82, 2.24) is 9.80 Å². The molecule has 0 radical (unpaired) electrons. The largest absolute Gasteiger partial charge is 0.497 e. The SMILES string of the molecule is COc1ccc(OC)c([C@@H]2CN(C(=O)c3ccc(C)cc3)C[C@@H]2C(=O)N(C)Cc2ccccc2)c1. The molecule has 3 aromatic carbocycles. The van der Waals surface area contributed by atoms with Crippen LogP contribution in [0.2, 0.25) is 0 Å². The third-order valence-electron chi connectivity index (χ3n) is 6.70. The molecular weight excluding hydrogens is 440 g/mol. The maximum Gasteiger partial charge on any atom is 0.253 e. The number of hydrogen-bond donors (Lipinski definition) is 0. The van der Waals surface area contributed by atoms with E-state index in [1.165, 1.54) is 0 Å². The van der Waals surface area contributed by atoms with Crippen molar-refractivity contribution in [1.29, 1.82) is 0 Å². The molecule has 1 aliphatic heterocycles. The molecule has 1 heterocycles. The Kier molecular flexibility index (Phi) is 7.39. The van der Waals surface area contributed by atoms with Gasteiger partial charge in [0.25, 0.3) is 5.91 Å². The summed E-state index contributed by atoms with van der Waals surface area (Å²) in [4.78, 5) is 30.7. The molecule has 1 saturated heterocycles. The van der Waals surface area contributed by atoms with Crippen molar-refractivity contribution < 1.29 is 19.1 Å². The number of aryl methyl sites for hydroxylation is 1. The highest BCUT2D eigenvalue weighted by molar-refractivity contribution is 5.95. The number of rotatable bonds is 7. The number of nitrogens with zero attached hydrogens (tertiary/aromatic N) is 2. The summed E-state index contributed by atoms with van der Waals surface area (Å²) in [7, 11) is 5.05. The van der Waals surface area contributed by atoms with Gasteiger partial charge in [0.2, 0.25) is 5.91 Å². The van der Waals surface area contributed by atoms with E-state index >= 15 is 0 Å². The van der Waals surface area contributed by atoms with Gasteiger partial charge in [-0.05, 0) is 42.8 Å². The predicted octanol–water partition coefficient (Wildman–Crippen LogP) is 4.53. The fraction of sp³-hybridized carbons (Fsp3) is 0.310. The number of hydrogen-bond acceptors (Lipinski definition) is 4. The Labute approximate surface area is 207 Å². The Morgan fingerprint density at radius 1 is 0.943 bits per heavy atom. The highest BCUT2D eigenvalue weighted by Gasteiger charge is 2.43. The van der Waals surface area contributed by atoms with E-state index in [1.807, 2.05) is 86.8 Å². The number of amides is 2. The van der Waals surface area contributed by atoms with Gasteiger partial charge >= 0.3 is 0 Å². The summed E-state index contributed by atoms with van der Waals surface area (Å²) in [5.74, 6) is 0.678. The quantitative estimate of drug-likeness (QED) is 0.507. The molecule has 4 rings (SSSR count). The fourth-order valence-electron chi connectivity index (χ4n) is 4.76. The number of carbonyl (C=O) groups is 2. The van der Waals surface area contributed by atoms with Gasteiger partial charge in [0.05, 0.1) is 20.1 Å². The summed E-state index contributed by atoms with van der Waals surface area (Å²) >= 11 is 0. The first-order valence-electron chi connectivity index (χ1n) is 11.8. The van der Waals surface area contributed by atoms with Crippen molar-refractivity contribution >= 4 is 11.8 Å². The minimum atomic E-state index is -0.404. The monoisotopic (exact) mass is 472 g/mol. The second-order valence-electron chi connectivity index (χ2n) is 9.08. The summed E-state index contributed by atoms with van der Waals surface area (Å²) in [5, 5.41) is 0. The van der Waals surface area contributed by atoms with Crippen LogP contribution in [0.25, 0.3) is 0 Å². The van der Waals surface area contributed by atoms with Crippen molar-refractivity contribution in [2.24, 2.45) is 5.92 Å². The van der Waals surface area contributed by atoms with Crippen molar-refractivity contribution in [3.8, 4) is 11.5 Å². The van der Waals surface area contributed by atoms with E-state index < -0.39 is 5.92 Å². The van der Waals surface area contributed by atoms with E-state index in [-0.39, 0.29) is 17.7 Å². The molecule has 35 heavy (non-hydrogen) atoms. The van der Waals surface area contributed by atoms with Crippen LogP contribution in [-0.4, -0.2) is 56.0 Å². The molecule has 0 spiro atoms. The van der Waals surface area contributed by atoms with Gasteiger partial charge in [-0.15, -0.1) is 0 Å². The Balaban J connectivity index is 1.66. The lowest BCUT2D eigenvalue weighted by Gasteiger charge is -2.25. The van der Waals surface area contributed by atoms with E-state index in [1.54, 1.807) is 24.0 Å². The number of methoxy groups -OCH3 is 2. The van der Waals surface area contributed by atoms with Gasteiger partial charge in [-0.2, -0.15) is 0 Å². The summed E-state index contributed by atoms with van der Waals surface area (Å²) in [6.45, 7) is 3.26. The summed E-state index contributed by atoms with van der Waals surface area (Å²) in [6, 6.07) is 23.1. The van der Waals surface area contributed by atoms with Crippen LogP contribution >= 0.6 is 0 Å². The van der Waals surface area contributed by atoms with E-state index in [0.717, 1.165) is 16.7 Å². The molecule has 6 heteroatoms. The fourth-order valence-corrected chi connectivity index (χ4v) is 4.76. The van der Waals surface area contributed by atoms with E-state index in [9.17, 15) is 9.59 Å². The average molecular weight is 473 g/mol. The number of benzene rings is 3.